The van der Waals surface area contributed by atoms with Gasteiger partial charge in [0.15, 0.2) is 0 Å². The molecule has 0 bridgehead atoms. The Morgan fingerprint density at radius 1 is 1.03 bits per heavy atom. The van der Waals surface area contributed by atoms with Crippen LogP contribution in [0.1, 0.15) is 66.1 Å². The Morgan fingerprint density at radius 3 is 2.11 bits per heavy atom. The molecule has 2 rings (SSSR count). The maximum atomic E-state index is 12.8. The van der Waals surface area contributed by atoms with Crippen molar-refractivity contribution in [3.63, 3.8) is 0 Å². The highest BCUT2D eigenvalue weighted by molar-refractivity contribution is 6.15. The smallest absolute Gasteiger partial charge is 0.419 e. The first-order chi connectivity index (χ1) is 17.1. The number of nitrogens with zero attached hydrogens (tertiary/aromatic N) is 4. The van der Waals surface area contributed by atoms with Crippen molar-refractivity contribution >= 4 is 23.7 Å². The summed E-state index contributed by atoms with van der Waals surface area (Å²) in [7, 11) is 1.30. The second-order valence-corrected chi connectivity index (χ2v) is 10.9. The number of hydrogen-bond acceptors (Lipinski definition) is 8. The van der Waals surface area contributed by atoms with Gasteiger partial charge < -0.3 is 14.2 Å². The Bertz CT molecular complexity index is 1100. The van der Waals surface area contributed by atoms with Crippen molar-refractivity contribution in [3.05, 3.63) is 48.2 Å². The standard InChI is InChI=1S/C27H38N4O6/c1-18-11-13-22(28-14-18)30-16-21(29-17-30)20(23(32)35-9)12-10-19(2)15-31(24(33)36-26(3,4)5)25(34)37-27(6,7)8/h11-14,16-17,19H,10,15H2,1-9H3/b20-12-/t19-/m1/s1. The van der Waals surface area contributed by atoms with Gasteiger partial charge >= 0.3 is 18.2 Å². The SMILES string of the molecule is COC(=O)/C(=C\C[C@@H](C)CN(C(=O)OC(C)(C)C)C(=O)OC(C)(C)C)c1cn(-c2ccc(C)cn2)cn1. The molecule has 0 saturated heterocycles. The van der Waals surface area contributed by atoms with Crippen LogP contribution in [0.15, 0.2) is 36.9 Å². The summed E-state index contributed by atoms with van der Waals surface area (Å²) in [4.78, 5) is 47.8. The number of carbonyl (C=O) groups is 3. The number of allylic oxidation sites excluding steroid dienone is 1. The summed E-state index contributed by atoms with van der Waals surface area (Å²) in [6.45, 7) is 14.1. The van der Waals surface area contributed by atoms with Crippen LogP contribution in [-0.2, 0) is 19.0 Å². The van der Waals surface area contributed by atoms with Crippen LogP contribution < -0.4 is 0 Å². The predicted molar refractivity (Wildman–Crippen MR) is 139 cm³/mol. The number of esters is 1. The van der Waals surface area contributed by atoms with E-state index in [0.717, 1.165) is 10.5 Å². The first-order valence-electron chi connectivity index (χ1n) is 12.1. The Balaban J connectivity index is 2.24. The van der Waals surface area contributed by atoms with Gasteiger partial charge in [-0.15, -0.1) is 0 Å². The van der Waals surface area contributed by atoms with Crippen molar-refractivity contribution in [3.8, 4) is 5.82 Å². The minimum absolute atomic E-state index is 0.0243. The number of rotatable bonds is 7. The zero-order chi connectivity index (χ0) is 28.0. The number of aryl methyl sites for hydroxylation is 1. The molecule has 0 radical (unpaired) electrons. The second-order valence-electron chi connectivity index (χ2n) is 10.9. The van der Waals surface area contributed by atoms with Crippen LogP contribution in [0.25, 0.3) is 11.4 Å². The molecule has 0 saturated carbocycles. The molecule has 0 aromatic carbocycles. The average Bonchev–Trinajstić information content (AvgIpc) is 3.25. The lowest BCUT2D eigenvalue weighted by atomic mass is 10.0. The van der Waals surface area contributed by atoms with Gasteiger partial charge in [-0.1, -0.05) is 19.1 Å². The van der Waals surface area contributed by atoms with Gasteiger partial charge in [0.1, 0.15) is 23.3 Å². The molecule has 0 fully saturated rings. The lowest BCUT2D eigenvalue weighted by Gasteiger charge is -2.29. The van der Waals surface area contributed by atoms with Gasteiger partial charge in [-0.3, -0.25) is 4.57 Å². The van der Waals surface area contributed by atoms with Gasteiger partial charge in [-0.05, 0) is 72.4 Å². The summed E-state index contributed by atoms with van der Waals surface area (Å²) in [5, 5.41) is 0. The van der Waals surface area contributed by atoms with E-state index in [1.807, 2.05) is 26.0 Å². The molecule has 0 N–H and O–H groups in total. The van der Waals surface area contributed by atoms with Crippen LogP contribution in [0.3, 0.4) is 0 Å². The average molecular weight is 515 g/mol. The molecule has 0 aliphatic heterocycles. The van der Waals surface area contributed by atoms with Gasteiger partial charge in [0.05, 0.1) is 18.4 Å². The first kappa shape index (κ1) is 29.5. The van der Waals surface area contributed by atoms with E-state index < -0.39 is 29.4 Å². The number of imide groups is 1. The van der Waals surface area contributed by atoms with Gasteiger partial charge in [-0.2, -0.15) is 0 Å². The quantitative estimate of drug-likeness (QED) is 0.277. The van der Waals surface area contributed by atoms with Crippen LogP contribution in [0.5, 0.6) is 0 Å². The highest BCUT2D eigenvalue weighted by atomic mass is 16.6. The Kier molecular flexibility index (Phi) is 9.61. The number of amides is 2. The minimum atomic E-state index is -0.796. The van der Waals surface area contributed by atoms with Crippen LogP contribution >= 0.6 is 0 Å². The molecule has 2 aromatic heterocycles. The monoisotopic (exact) mass is 514 g/mol. The third kappa shape index (κ3) is 9.36. The van der Waals surface area contributed by atoms with Crippen molar-refractivity contribution in [2.24, 2.45) is 5.92 Å². The fourth-order valence-electron chi connectivity index (χ4n) is 3.17. The van der Waals surface area contributed by atoms with Crippen LogP contribution in [-0.4, -0.2) is 62.4 Å². The molecular formula is C27H38N4O6. The number of methoxy groups -OCH3 is 1. The largest absolute Gasteiger partial charge is 0.465 e. The lowest BCUT2D eigenvalue weighted by Crippen LogP contribution is -2.45. The molecular weight excluding hydrogens is 476 g/mol. The van der Waals surface area contributed by atoms with Gasteiger partial charge in [0, 0.05) is 18.9 Å². The van der Waals surface area contributed by atoms with Crippen molar-refractivity contribution in [2.45, 2.75) is 73.0 Å². The van der Waals surface area contributed by atoms with Crippen LogP contribution in [0, 0.1) is 12.8 Å². The number of imidazole rings is 1. The molecule has 10 nitrogen and oxygen atoms in total. The van der Waals surface area contributed by atoms with Gasteiger partial charge in [0.2, 0.25) is 0 Å². The molecule has 0 aliphatic rings. The van der Waals surface area contributed by atoms with Crippen molar-refractivity contribution in [2.75, 3.05) is 13.7 Å². The van der Waals surface area contributed by atoms with Gasteiger partial charge in [-0.25, -0.2) is 29.3 Å². The van der Waals surface area contributed by atoms with Crippen molar-refractivity contribution in [1.29, 1.82) is 0 Å². The molecule has 202 valence electrons. The van der Waals surface area contributed by atoms with E-state index in [4.69, 9.17) is 14.2 Å². The fraction of sp³-hybridized carbons (Fsp3) is 0.519. The highest BCUT2D eigenvalue weighted by Gasteiger charge is 2.32. The molecule has 10 heteroatoms. The minimum Gasteiger partial charge on any atom is -0.465 e. The lowest BCUT2D eigenvalue weighted by molar-refractivity contribution is -0.133. The van der Waals surface area contributed by atoms with E-state index in [1.54, 1.807) is 70.9 Å². The maximum absolute atomic E-state index is 12.8. The molecule has 0 spiro atoms. The summed E-state index contributed by atoms with van der Waals surface area (Å²) in [5.74, 6) is -0.127. The summed E-state index contributed by atoms with van der Waals surface area (Å²) >= 11 is 0. The molecule has 1 atom stereocenters. The fourth-order valence-corrected chi connectivity index (χ4v) is 3.17. The van der Waals surface area contributed by atoms with E-state index in [0.29, 0.717) is 17.9 Å². The van der Waals surface area contributed by atoms with Crippen LogP contribution in [0.4, 0.5) is 9.59 Å². The number of aromatic nitrogens is 3. The number of ether oxygens (including phenoxy) is 3. The Hall–Kier alpha value is -3.69. The summed E-state index contributed by atoms with van der Waals surface area (Å²) in [5.41, 5.74) is 0.131. The predicted octanol–water partition coefficient (Wildman–Crippen LogP) is 5.33. The number of carbonyl (C=O) groups excluding carboxylic acids is 3. The summed E-state index contributed by atoms with van der Waals surface area (Å²) < 4.78 is 17.5. The number of hydrogen-bond donors (Lipinski definition) is 0. The molecule has 0 unspecified atom stereocenters. The third-order valence-corrected chi connectivity index (χ3v) is 4.87. The summed E-state index contributed by atoms with van der Waals surface area (Å²) in [6.07, 6.45) is 5.45. The zero-order valence-electron chi connectivity index (χ0n) is 23.2. The van der Waals surface area contributed by atoms with Gasteiger partial charge in [0.25, 0.3) is 0 Å². The Labute approximate surface area is 218 Å². The van der Waals surface area contributed by atoms with Crippen molar-refractivity contribution in [1.82, 2.24) is 19.4 Å². The molecule has 0 aliphatic carbocycles. The van der Waals surface area contributed by atoms with Crippen LogP contribution in [0.2, 0.25) is 0 Å². The summed E-state index contributed by atoms with van der Waals surface area (Å²) in [6, 6.07) is 3.79. The highest BCUT2D eigenvalue weighted by Crippen LogP contribution is 2.21. The van der Waals surface area contributed by atoms with E-state index in [2.05, 4.69) is 9.97 Å². The molecule has 2 amide bonds. The van der Waals surface area contributed by atoms with Crippen molar-refractivity contribution < 1.29 is 28.6 Å². The van der Waals surface area contributed by atoms with E-state index in [1.165, 1.54) is 7.11 Å². The second kappa shape index (κ2) is 12.0. The molecule has 37 heavy (non-hydrogen) atoms. The molecule has 2 aromatic rings. The van der Waals surface area contributed by atoms with E-state index in [-0.39, 0.29) is 18.0 Å². The van der Waals surface area contributed by atoms with E-state index in [9.17, 15) is 14.4 Å². The number of pyridine rings is 1. The van der Waals surface area contributed by atoms with E-state index >= 15 is 0 Å². The topological polar surface area (TPSA) is 113 Å². The zero-order valence-corrected chi connectivity index (χ0v) is 23.2. The first-order valence-corrected chi connectivity index (χ1v) is 12.1. The molecule has 2 heterocycles. The normalized spacial score (nSPS) is 13.1. The Morgan fingerprint density at radius 2 is 1.62 bits per heavy atom. The third-order valence-electron chi connectivity index (χ3n) is 4.87. The maximum Gasteiger partial charge on any atom is 0.419 e.